The number of hydrogen-bond donors (Lipinski definition) is 2. The number of H-pyrrole nitrogens is 1. The second-order valence-corrected chi connectivity index (χ2v) is 7.93. The summed E-state index contributed by atoms with van der Waals surface area (Å²) in [6, 6.07) is 7.70. The van der Waals surface area contributed by atoms with Gasteiger partial charge in [-0.25, -0.2) is 13.4 Å². The van der Waals surface area contributed by atoms with Crippen LogP contribution in [-0.4, -0.2) is 49.1 Å². The third-order valence-corrected chi connectivity index (χ3v) is 6.28. The van der Waals surface area contributed by atoms with E-state index in [1.165, 1.54) is 6.26 Å². The third-order valence-electron chi connectivity index (χ3n) is 4.16. The zero-order chi connectivity index (χ0) is 14.9. The molecule has 1 saturated heterocycles. The first-order chi connectivity index (χ1) is 10.0. The summed E-state index contributed by atoms with van der Waals surface area (Å²) in [6.07, 6.45) is 2.33. The maximum absolute atomic E-state index is 12.2. The van der Waals surface area contributed by atoms with Gasteiger partial charge in [-0.15, -0.1) is 0 Å². The Kier molecular flexibility index (Phi) is 3.62. The number of aromatic amines is 1. The Hall–Kier alpha value is -1.60. The van der Waals surface area contributed by atoms with Crippen molar-refractivity contribution in [1.29, 1.82) is 0 Å². The standard InChI is InChI=1S/C14H19N3O3S/c1-21(18,19)14(6-8-20-9-7-14)10-15-13-16-11-4-2-3-5-12(11)17-13/h2-5H,6-10H2,1H3,(H2,15,16,17). The Balaban J connectivity index is 1.80. The van der Waals surface area contributed by atoms with Gasteiger partial charge in [0.1, 0.15) is 0 Å². The number of nitrogens with one attached hydrogen (secondary N) is 2. The van der Waals surface area contributed by atoms with Gasteiger partial charge in [0.15, 0.2) is 9.84 Å². The second-order valence-electron chi connectivity index (χ2n) is 5.52. The average Bonchev–Trinajstić information content (AvgIpc) is 2.88. The molecular weight excluding hydrogens is 290 g/mol. The highest BCUT2D eigenvalue weighted by Gasteiger charge is 2.42. The van der Waals surface area contributed by atoms with Crippen molar-refractivity contribution < 1.29 is 13.2 Å². The van der Waals surface area contributed by atoms with Crippen LogP contribution in [-0.2, 0) is 14.6 Å². The summed E-state index contributed by atoms with van der Waals surface area (Å²) >= 11 is 0. The fourth-order valence-electron chi connectivity index (χ4n) is 2.70. The molecule has 2 aromatic rings. The predicted molar refractivity (Wildman–Crippen MR) is 82.2 cm³/mol. The van der Waals surface area contributed by atoms with Crippen molar-refractivity contribution in [2.24, 2.45) is 0 Å². The van der Waals surface area contributed by atoms with E-state index in [1.54, 1.807) is 0 Å². The highest BCUT2D eigenvalue weighted by Crippen LogP contribution is 2.29. The fourth-order valence-corrected chi connectivity index (χ4v) is 3.95. The monoisotopic (exact) mass is 309 g/mol. The van der Waals surface area contributed by atoms with E-state index in [2.05, 4.69) is 15.3 Å². The number of sulfone groups is 1. The smallest absolute Gasteiger partial charge is 0.201 e. The molecule has 2 heterocycles. The molecular formula is C14H19N3O3S. The molecule has 0 saturated carbocycles. The lowest BCUT2D eigenvalue weighted by Crippen LogP contribution is -2.48. The number of benzene rings is 1. The average molecular weight is 309 g/mol. The van der Waals surface area contributed by atoms with Gasteiger partial charge >= 0.3 is 0 Å². The lowest BCUT2D eigenvalue weighted by Gasteiger charge is -2.35. The van der Waals surface area contributed by atoms with Crippen LogP contribution in [0.3, 0.4) is 0 Å². The van der Waals surface area contributed by atoms with Gasteiger partial charge < -0.3 is 15.0 Å². The topological polar surface area (TPSA) is 84.1 Å². The van der Waals surface area contributed by atoms with E-state index in [0.717, 1.165) is 11.0 Å². The van der Waals surface area contributed by atoms with E-state index in [0.29, 0.717) is 38.5 Å². The minimum Gasteiger partial charge on any atom is -0.381 e. The van der Waals surface area contributed by atoms with Crippen molar-refractivity contribution in [2.45, 2.75) is 17.6 Å². The highest BCUT2D eigenvalue weighted by molar-refractivity contribution is 7.92. The van der Waals surface area contributed by atoms with Crippen molar-refractivity contribution in [3.8, 4) is 0 Å². The van der Waals surface area contributed by atoms with Crippen LogP contribution in [0, 0.1) is 0 Å². The van der Waals surface area contributed by atoms with Crippen molar-refractivity contribution in [3.05, 3.63) is 24.3 Å². The van der Waals surface area contributed by atoms with E-state index in [1.807, 2.05) is 24.3 Å². The van der Waals surface area contributed by atoms with Crippen LogP contribution in [0.15, 0.2) is 24.3 Å². The highest BCUT2D eigenvalue weighted by atomic mass is 32.2. The summed E-state index contributed by atoms with van der Waals surface area (Å²) in [5.41, 5.74) is 1.79. The Morgan fingerprint density at radius 2 is 2.05 bits per heavy atom. The lowest BCUT2D eigenvalue weighted by molar-refractivity contribution is 0.0776. The van der Waals surface area contributed by atoms with Crippen molar-refractivity contribution in [3.63, 3.8) is 0 Å². The number of anilines is 1. The normalized spacial score (nSPS) is 18.7. The number of rotatable bonds is 4. The number of hydrogen-bond acceptors (Lipinski definition) is 5. The fraction of sp³-hybridized carbons (Fsp3) is 0.500. The zero-order valence-corrected chi connectivity index (χ0v) is 12.7. The SMILES string of the molecule is CS(=O)(=O)C1(CNc2nc3ccccc3[nH]2)CCOCC1. The van der Waals surface area contributed by atoms with Gasteiger partial charge in [-0.2, -0.15) is 0 Å². The summed E-state index contributed by atoms with van der Waals surface area (Å²) in [6.45, 7) is 1.30. The van der Waals surface area contributed by atoms with Gasteiger partial charge in [0.2, 0.25) is 5.95 Å². The molecule has 114 valence electrons. The minimum atomic E-state index is -3.17. The van der Waals surface area contributed by atoms with Gasteiger partial charge in [-0.1, -0.05) is 12.1 Å². The first kappa shape index (κ1) is 14.3. The van der Waals surface area contributed by atoms with E-state index >= 15 is 0 Å². The third kappa shape index (κ3) is 2.75. The zero-order valence-electron chi connectivity index (χ0n) is 11.9. The molecule has 0 unspecified atom stereocenters. The number of fused-ring (bicyclic) bond motifs is 1. The Labute approximate surface area is 123 Å². The predicted octanol–water partition coefficient (Wildman–Crippen LogP) is 1.57. The van der Waals surface area contributed by atoms with Crippen molar-refractivity contribution in [1.82, 2.24) is 9.97 Å². The van der Waals surface area contributed by atoms with E-state index in [-0.39, 0.29) is 0 Å². The number of ether oxygens (including phenoxy) is 1. The molecule has 0 bridgehead atoms. The Morgan fingerprint density at radius 3 is 2.71 bits per heavy atom. The quantitative estimate of drug-likeness (QED) is 0.895. The molecule has 1 aromatic heterocycles. The number of aromatic nitrogens is 2. The Bertz CT molecular complexity index is 700. The van der Waals surface area contributed by atoms with Gasteiger partial charge in [-0.05, 0) is 25.0 Å². The summed E-state index contributed by atoms with van der Waals surface area (Å²) < 4.78 is 28.9. The minimum absolute atomic E-state index is 0.342. The van der Waals surface area contributed by atoms with E-state index < -0.39 is 14.6 Å². The van der Waals surface area contributed by atoms with E-state index in [9.17, 15) is 8.42 Å². The molecule has 0 spiro atoms. The number of nitrogens with zero attached hydrogens (tertiary/aromatic N) is 1. The molecule has 3 rings (SSSR count). The van der Waals surface area contributed by atoms with Crippen LogP contribution < -0.4 is 5.32 Å². The second kappa shape index (κ2) is 5.31. The lowest BCUT2D eigenvalue weighted by atomic mass is 9.99. The van der Waals surface area contributed by atoms with Crippen LogP contribution in [0.25, 0.3) is 11.0 Å². The summed E-state index contributed by atoms with van der Waals surface area (Å²) in [5.74, 6) is 0.603. The summed E-state index contributed by atoms with van der Waals surface area (Å²) in [5, 5.41) is 3.15. The molecule has 0 aliphatic carbocycles. The molecule has 0 radical (unpaired) electrons. The van der Waals surface area contributed by atoms with Gasteiger partial charge in [0.05, 0.1) is 15.8 Å². The van der Waals surface area contributed by atoms with Crippen LogP contribution in [0.1, 0.15) is 12.8 Å². The Morgan fingerprint density at radius 1 is 1.33 bits per heavy atom. The molecule has 0 amide bonds. The first-order valence-corrected chi connectivity index (χ1v) is 8.85. The number of imidazole rings is 1. The summed E-state index contributed by atoms with van der Waals surface area (Å²) in [4.78, 5) is 7.57. The van der Waals surface area contributed by atoms with Gasteiger partial charge in [0.25, 0.3) is 0 Å². The molecule has 2 N–H and O–H groups in total. The van der Waals surface area contributed by atoms with Crippen molar-refractivity contribution >= 4 is 26.8 Å². The molecule has 1 aliphatic rings. The number of para-hydroxylation sites is 2. The van der Waals surface area contributed by atoms with Gasteiger partial charge in [-0.3, -0.25) is 0 Å². The maximum Gasteiger partial charge on any atom is 0.201 e. The van der Waals surface area contributed by atoms with Gasteiger partial charge in [0, 0.05) is 26.0 Å². The molecule has 6 nitrogen and oxygen atoms in total. The van der Waals surface area contributed by atoms with E-state index in [4.69, 9.17) is 4.74 Å². The molecule has 1 aromatic carbocycles. The van der Waals surface area contributed by atoms with Crippen LogP contribution in [0.5, 0.6) is 0 Å². The van der Waals surface area contributed by atoms with Crippen LogP contribution in [0.2, 0.25) is 0 Å². The van der Waals surface area contributed by atoms with Crippen molar-refractivity contribution in [2.75, 3.05) is 31.3 Å². The molecule has 1 aliphatic heterocycles. The molecule has 1 fully saturated rings. The summed E-state index contributed by atoms with van der Waals surface area (Å²) in [7, 11) is -3.17. The first-order valence-electron chi connectivity index (χ1n) is 6.96. The van der Waals surface area contributed by atoms with Crippen LogP contribution in [0.4, 0.5) is 5.95 Å². The molecule has 21 heavy (non-hydrogen) atoms. The van der Waals surface area contributed by atoms with Crippen LogP contribution >= 0.6 is 0 Å². The maximum atomic E-state index is 12.2. The molecule has 0 atom stereocenters. The molecule has 7 heteroatoms. The largest absolute Gasteiger partial charge is 0.381 e.